The number of nitrogen functional groups attached to an aromatic ring is 1. The predicted molar refractivity (Wildman–Crippen MR) is 67.8 cm³/mol. The van der Waals surface area contributed by atoms with Crippen LogP contribution in [0.2, 0.25) is 0 Å². The largest absolute Gasteiger partial charge is 0.396 e. The molecule has 0 atom stereocenters. The lowest BCUT2D eigenvalue weighted by molar-refractivity contribution is -0.119. The second-order valence-electron chi connectivity index (χ2n) is 4.56. The number of rotatable bonds is 4. The molecule has 2 rings (SSSR count). The number of likely N-dealkylation sites (N-methyl/N-ethyl adjacent to an activating group) is 1. The first-order valence-electron chi connectivity index (χ1n) is 5.80. The minimum Gasteiger partial charge on any atom is -0.396 e. The first-order chi connectivity index (χ1) is 8.06. The zero-order valence-corrected chi connectivity index (χ0v) is 10.2. The summed E-state index contributed by atoms with van der Waals surface area (Å²) in [6, 6.07) is 4.06. The Morgan fingerprint density at radius 1 is 1.59 bits per heavy atom. The van der Waals surface area contributed by atoms with Gasteiger partial charge in [0.05, 0.1) is 12.2 Å². The second kappa shape index (κ2) is 4.61. The van der Waals surface area contributed by atoms with Gasteiger partial charge in [-0.15, -0.1) is 0 Å². The van der Waals surface area contributed by atoms with Gasteiger partial charge in [-0.2, -0.15) is 0 Å². The zero-order valence-electron chi connectivity index (χ0n) is 10.2. The van der Waals surface area contributed by atoms with Crippen LogP contribution in [0.3, 0.4) is 0 Å². The molecule has 0 aliphatic heterocycles. The molecule has 1 aromatic heterocycles. The summed E-state index contributed by atoms with van der Waals surface area (Å²) in [5.74, 6) is 0.689. The van der Waals surface area contributed by atoms with E-state index >= 15 is 0 Å². The van der Waals surface area contributed by atoms with Gasteiger partial charge < -0.3 is 16.0 Å². The van der Waals surface area contributed by atoms with Gasteiger partial charge in [0.2, 0.25) is 5.91 Å². The molecule has 92 valence electrons. The summed E-state index contributed by atoms with van der Waals surface area (Å²) in [7, 11) is 1.82. The average molecular weight is 234 g/mol. The summed E-state index contributed by atoms with van der Waals surface area (Å²) < 4.78 is 0. The molecule has 1 amide bonds. The molecule has 5 heteroatoms. The van der Waals surface area contributed by atoms with Gasteiger partial charge in [0.25, 0.3) is 0 Å². The number of aromatic nitrogens is 1. The van der Waals surface area contributed by atoms with Crippen molar-refractivity contribution < 1.29 is 4.79 Å². The molecule has 1 aliphatic carbocycles. The van der Waals surface area contributed by atoms with Crippen molar-refractivity contribution in [2.45, 2.75) is 25.8 Å². The predicted octanol–water partition coefficient (Wildman–Crippen LogP) is 0.687. The van der Waals surface area contributed by atoms with Crippen molar-refractivity contribution in [2.75, 3.05) is 24.2 Å². The molecule has 5 nitrogen and oxygen atoms in total. The fourth-order valence-electron chi connectivity index (χ4n) is 1.65. The number of hydrogen-bond acceptors (Lipinski definition) is 4. The summed E-state index contributed by atoms with van der Waals surface area (Å²) in [5, 5.41) is 2.94. The van der Waals surface area contributed by atoms with E-state index in [0.717, 1.165) is 18.5 Å². The molecule has 0 bridgehead atoms. The minimum absolute atomic E-state index is 0.0257. The number of amides is 1. The van der Waals surface area contributed by atoms with E-state index in [0.29, 0.717) is 17.5 Å². The van der Waals surface area contributed by atoms with Crippen molar-refractivity contribution in [3.63, 3.8) is 0 Å². The van der Waals surface area contributed by atoms with Crippen molar-refractivity contribution in [3.05, 3.63) is 17.8 Å². The molecule has 1 saturated carbocycles. The van der Waals surface area contributed by atoms with Gasteiger partial charge in [-0.25, -0.2) is 4.98 Å². The Bertz CT molecular complexity index is 429. The van der Waals surface area contributed by atoms with E-state index in [-0.39, 0.29) is 12.5 Å². The van der Waals surface area contributed by atoms with E-state index in [4.69, 9.17) is 5.73 Å². The number of anilines is 2. The fourth-order valence-corrected chi connectivity index (χ4v) is 1.65. The van der Waals surface area contributed by atoms with Crippen LogP contribution in [0.1, 0.15) is 18.5 Å². The lowest BCUT2D eigenvalue weighted by atomic mass is 10.3. The van der Waals surface area contributed by atoms with E-state index in [1.807, 2.05) is 26.1 Å². The third-order valence-corrected chi connectivity index (χ3v) is 2.73. The van der Waals surface area contributed by atoms with Crippen molar-refractivity contribution in [3.8, 4) is 0 Å². The highest BCUT2D eigenvalue weighted by Gasteiger charge is 2.23. The highest BCUT2D eigenvalue weighted by Crippen LogP contribution is 2.20. The van der Waals surface area contributed by atoms with Crippen LogP contribution in [-0.2, 0) is 4.79 Å². The van der Waals surface area contributed by atoms with Gasteiger partial charge in [0, 0.05) is 18.8 Å². The quantitative estimate of drug-likeness (QED) is 0.804. The Morgan fingerprint density at radius 3 is 2.94 bits per heavy atom. The van der Waals surface area contributed by atoms with Crippen molar-refractivity contribution in [1.82, 2.24) is 10.3 Å². The maximum atomic E-state index is 11.7. The summed E-state index contributed by atoms with van der Waals surface area (Å²) in [6.07, 6.45) is 2.20. The van der Waals surface area contributed by atoms with Crippen LogP contribution in [0.5, 0.6) is 0 Å². The molecule has 0 spiro atoms. The summed E-state index contributed by atoms with van der Waals surface area (Å²) in [6.45, 7) is 2.19. The number of nitrogens with zero attached hydrogens (tertiary/aromatic N) is 2. The molecule has 1 aromatic rings. The van der Waals surface area contributed by atoms with Crippen molar-refractivity contribution in [2.24, 2.45) is 0 Å². The van der Waals surface area contributed by atoms with E-state index < -0.39 is 0 Å². The number of hydrogen-bond donors (Lipinski definition) is 2. The van der Waals surface area contributed by atoms with Gasteiger partial charge in [-0.1, -0.05) is 0 Å². The van der Waals surface area contributed by atoms with Crippen LogP contribution < -0.4 is 16.0 Å². The SMILES string of the molecule is Cc1ccc(N)c(N(C)CC(=O)NC2CC2)n1. The number of carbonyl (C=O) groups is 1. The van der Waals surface area contributed by atoms with Crippen LogP contribution in [0, 0.1) is 6.92 Å². The van der Waals surface area contributed by atoms with Crippen molar-refractivity contribution in [1.29, 1.82) is 0 Å². The van der Waals surface area contributed by atoms with Crippen LogP contribution in [-0.4, -0.2) is 30.5 Å². The lowest BCUT2D eigenvalue weighted by Gasteiger charge is -2.19. The van der Waals surface area contributed by atoms with Gasteiger partial charge in [-0.05, 0) is 31.9 Å². The van der Waals surface area contributed by atoms with E-state index in [9.17, 15) is 4.79 Å². The smallest absolute Gasteiger partial charge is 0.239 e. The van der Waals surface area contributed by atoms with E-state index in [2.05, 4.69) is 10.3 Å². The second-order valence-corrected chi connectivity index (χ2v) is 4.56. The molecule has 1 fully saturated rings. The molecule has 0 unspecified atom stereocenters. The van der Waals surface area contributed by atoms with Crippen molar-refractivity contribution >= 4 is 17.4 Å². The standard InChI is InChI=1S/C12H18N4O/c1-8-3-6-10(13)12(14-8)16(2)7-11(17)15-9-4-5-9/h3,6,9H,4-5,7,13H2,1-2H3,(H,15,17). The monoisotopic (exact) mass is 234 g/mol. The lowest BCUT2D eigenvalue weighted by Crippen LogP contribution is -2.36. The number of aryl methyl sites for hydroxylation is 1. The Labute approximate surface area is 101 Å². The summed E-state index contributed by atoms with van der Waals surface area (Å²) in [5.41, 5.74) is 7.33. The normalized spacial score (nSPS) is 14.5. The first-order valence-corrected chi connectivity index (χ1v) is 5.80. The van der Waals surface area contributed by atoms with Gasteiger partial charge in [0.15, 0.2) is 5.82 Å². The van der Waals surface area contributed by atoms with Gasteiger partial charge in [0.1, 0.15) is 0 Å². The zero-order chi connectivity index (χ0) is 12.4. The number of carbonyl (C=O) groups excluding carboxylic acids is 1. The Hall–Kier alpha value is -1.78. The molecule has 0 aromatic carbocycles. The van der Waals surface area contributed by atoms with Crippen LogP contribution in [0.15, 0.2) is 12.1 Å². The number of pyridine rings is 1. The number of nitrogens with two attached hydrogens (primary N) is 1. The molecule has 1 aliphatic rings. The van der Waals surface area contributed by atoms with Gasteiger partial charge in [-0.3, -0.25) is 4.79 Å². The fraction of sp³-hybridized carbons (Fsp3) is 0.500. The third-order valence-electron chi connectivity index (χ3n) is 2.73. The third kappa shape index (κ3) is 3.09. The molecule has 17 heavy (non-hydrogen) atoms. The first kappa shape index (κ1) is 11.7. The molecule has 0 radical (unpaired) electrons. The summed E-state index contributed by atoms with van der Waals surface area (Å²) >= 11 is 0. The Morgan fingerprint density at radius 2 is 2.29 bits per heavy atom. The summed E-state index contributed by atoms with van der Waals surface area (Å²) in [4.78, 5) is 17.8. The maximum absolute atomic E-state index is 11.7. The highest BCUT2D eigenvalue weighted by atomic mass is 16.2. The molecule has 3 N–H and O–H groups in total. The molecular weight excluding hydrogens is 216 g/mol. The van der Waals surface area contributed by atoms with Crippen LogP contribution in [0.25, 0.3) is 0 Å². The average Bonchev–Trinajstić information content (AvgIpc) is 3.05. The van der Waals surface area contributed by atoms with Crippen LogP contribution >= 0.6 is 0 Å². The number of nitrogens with one attached hydrogen (secondary N) is 1. The Kier molecular flexibility index (Phi) is 3.17. The minimum atomic E-state index is 0.0257. The molecule has 1 heterocycles. The van der Waals surface area contributed by atoms with E-state index in [1.54, 1.807) is 4.90 Å². The van der Waals surface area contributed by atoms with Gasteiger partial charge >= 0.3 is 0 Å². The highest BCUT2D eigenvalue weighted by molar-refractivity contribution is 5.82. The topological polar surface area (TPSA) is 71.2 Å². The molecular formula is C12H18N4O. The molecule has 0 saturated heterocycles. The maximum Gasteiger partial charge on any atom is 0.239 e. The van der Waals surface area contributed by atoms with Crippen LogP contribution in [0.4, 0.5) is 11.5 Å². The Balaban J connectivity index is 1.99. The van der Waals surface area contributed by atoms with E-state index in [1.165, 1.54) is 0 Å².